The lowest BCUT2D eigenvalue weighted by molar-refractivity contribution is -0.119. The molecule has 0 saturated carbocycles. The molecular formula is C13H16ClNO4S. The molecule has 0 spiro atoms. The predicted molar refractivity (Wildman–Crippen MR) is 75.5 cm³/mol. The molecule has 1 aliphatic rings. The summed E-state index contributed by atoms with van der Waals surface area (Å²) in [5.41, 5.74) is 0. The molecule has 1 saturated heterocycles. The number of morpholine rings is 1. The van der Waals surface area contributed by atoms with Crippen molar-refractivity contribution in [3.63, 3.8) is 0 Å². The van der Waals surface area contributed by atoms with Gasteiger partial charge in [0.1, 0.15) is 11.2 Å². The summed E-state index contributed by atoms with van der Waals surface area (Å²) in [6, 6.07) is 6.01. The minimum Gasteiger partial charge on any atom is -0.377 e. The molecule has 1 atom stereocenters. The van der Waals surface area contributed by atoms with E-state index >= 15 is 0 Å². The van der Waals surface area contributed by atoms with Gasteiger partial charge in [0.2, 0.25) is 0 Å². The lowest BCUT2D eigenvalue weighted by atomic mass is 10.3. The molecule has 1 aliphatic heterocycles. The zero-order valence-electron chi connectivity index (χ0n) is 11.1. The summed E-state index contributed by atoms with van der Waals surface area (Å²) in [6.45, 7) is 2.48. The molecule has 1 aromatic carbocycles. The highest BCUT2D eigenvalue weighted by Crippen LogP contribution is 2.23. The van der Waals surface area contributed by atoms with Gasteiger partial charge in [-0.25, -0.2) is 8.42 Å². The number of sulfone groups is 1. The molecule has 0 bridgehead atoms. The van der Waals surface area contributed by atoms with E-state index in [1.54, 1.807) is 4.90 Å². The standard InChI is InChI=1S/C13H16ClNO4S/c1-10(16)8-15-6-7-19-9-13(15)20(17,18)12-4-2-11(14)3-5-12/h2-5,13H,6-9H2,1H3. The van der Waals surface area contributed by atoms with Gasteiger partial charge < -0.3 is 4.74 Å². The first-order valence-corrected chi connectivity index (χ1v) is 8.14. The van der Waals surface area contributed by atoms with Crippen molar-refractivity contribution in [2.24, 2.45) is 0 Å². The van der Waals surface area contributed by atoms with Crippen LogP contribution in [0.1, 0.15) is 6.92 Å². The Labute approximate surface area is 123 Å². The minimum atomic E-state index is -3.58. The van der Waals surface area contributed by atoms with Crippen LogP contribution in [0.2, 0.25) is 5.02 Å². The highest BCUT2D eigenvalue weighted by Gasteiger charge is 2.35. The van der Waals surface area contributed by atoms with Gasteiger partial charge in [-0.15, -0.1) is 0 Å². The molecule has 7 heteroatoms. The van der Waals surface area contributed by atoms with Crippen LogP contribution in [0.25, 0.3) is 0 Å². The summed E-state index contributed by atoms with van der Waals surface area (Å²) < 4.78 is 30.5. The molecule has 0 N–H and O–H groups in total. The van der Waals surface area contributed by atoms with Crippen molar-refractivity contribution in [1.29, 1.82) is 0 Å². The molecule has 1 unspecified atom stereocenters. The summed E-state index contributed by atoms with van der Waals surface area (Å²) in [4.78, 5) is 13.1. The van der Waals surface area contributed by atoms with Crippen LogP contribution in [-0.4, -0.2) is 50.8 Å². The second-order valence-corrected chi connectivity index (χ2v) is 7.24. The molecule has 2 rings (SSSR count). The van der Waals surface area contributed by atoms with Crippen molar-refractivity contribution in [3.05, 3.63) is 29.3 Å². The highest BCUT2D eigenvalue weighted by molar-refractivity contribution is 7.92. The van der Waals surface area contributed by atoms with Gasteiger partial charge in [0.05, 0.1) is 24.7 Å². The number of rotatable bonds is 4. The van der Waals surface area contributed by atoms with Gasteiger partial charge in [-0.1, -0.05) is 11.6 Å². The largest absolute Gasteiger partial charge is 0.377 e. The maximum absolute atomic E-state index is 12.6. The number of hydrogen-bond donors (Lipinski definition) is 0. The first-order chi connectivity index (χ1) is 9.41. The third kappa shape index (κ3) is 3.38. The Morgan fingerprint density at radius 3 is 2.65 bits per heavy atom. The van der Waals surface area contributed by atoms with E-state index in [-0.39, 0.29) is 23.8 Å². The van der Waals surface area contributed by atoms with E-state index in [1.165, 1.54) is 31.2 Å². The molecule has 0 radical (unpaired) electrons. The molecule has 0 aliphatic carbocycles. The van der Waals surface area contributed by atoms with Crippen LogP contribution in [0.15, 0.2) is 29.2 Å². The van der Waals surface area contributed by atoms with E-state index in [0.717, 1.165) is 0 Å². The van der Waals surface area contributed by atoms with Crippen LogP contribution in [0.4, 0.5) is 0 Å². The van der Waals surface area contributed by atoms with Crippen LogP contribution in [0.5, 0.6) is 0 Å². The van der Waals surface area contributed by atoms with Gasteiger partial charge in [-0.2, -0.15) is 0 Å². The molecule has 110 valence electrons. The first kappa shape index (κ1) is 15.4. The van der Waals surface area contributed by atoms with E-state index in [0.29, 0.717) is 18.2 Å². The fraction of sp³-hybridized carbons (Fsp3) is 0.462. The minimum absolute atomic E-state index is 0.0665. The lowest BCUT2D eigenvalue weighted by Crippen LogP contribution is -2.51. The average Bonchev–Trinajstić information content (AvgIpc) is 2.39. The fourth-order valence-corrected chi connectivity index (χ4v) is 3.95. The summed E-state index contributed by atoms with van der Waals surface area (Å²) >= 11 is 5.77. The zero-order valence-corrected chi connectivity index (χ0v) is 12.7. The van der Waals surface area contributed by atoms with E-state index in [2.05, 4.69) is 0 Å². The molecule has 0 aromatic heterocycles. The van der Waals surface area contributed by atoms with Gasteiger partial charge in [0, 0.05) is 11.6 Å². The Balaban J connectivity index is 2.30. The van der Waals surface area contributed by atoms with Crippen LogP contribution in [-0.2, 0) is 19.4 Å². The second kappa shape index (κ2) is 6.22. The monoisotopic (exact) mass is 317 g/mol. The summed E-state index contributed by atoms with van der Waals surface area (Å²) in [7, 11) is -3.58. The molecule has 5 nitrogen and oxygen atoms in total. The molecular weight excluding hydrogens is 302 g/mol. The lowest BCUT2D eigenvalue weighted by Gasteiger charge is -2.34. The Morgan fingerprint density at radius 2 is 2.05 bits per heavy atom. The van der Waals surface area contributed by atoms with Crippen molar-refractivity contribution in [1.82, 2.24) is 4.90 Å². The Hall–Kier alpha value is -0.950. The predicted octanol–water partition coefficient (Wildman–Crippen LogP) is 1.36. The summed E-state index contributed by atoms with van der Waals surface area (Å²) in [5, 5.41) is -0.356. The maximum atomic E-state index is 12.6. The number of carbonyl (C=O) groups is 1. The Morgan fingerprint density at radius 1 is 1.40 bits per heavy atom. The summed E-state index contributed by atoms with van der Waals surface area (Å²) in [5.74, 6) is -0.0665. The smallest absolute Gasteiger partial charge is 0.196 e. The number of carbonyl (C=O) groups excluding carboxylic acids is 1. The average molecular weight is 318 g/mol. The molecule has 20 heavy (non-hydrogen) atoms. The van der Waals surface area contributed by atoms with Crippen molar-refractivity contribution in [2.75, 3.05) is 26.3 Å². The zero-order chi connectivity index (χ0) is 14.8. The first-order valence-electron chi connectivity index (χ1n) is 6.22. The van der Waals surface area contributed by atoms with Crippen molar-refractivity contribution >= 4 is 27.2 Å². The highest BCUT2D eigenvalue weighted by atomic mass is 35.5. The topological polar surface area (TPSA) is 63.7 Å². The SMILES string of the molecule is CC(=O)CN1CCOCC1S(=O)(=O)c1ccc(Cl)cc1. The van der Waals surface area contributed by atoms with Gasteiger partial charge in [-0.3, -0.25) is 9.69 Å². The van der Waals surface area contributed by atoms with E-state index in [1.807, 2.05) is 0 Å². The number of hydrogen-bond acceptors (Lipinski definition) is 5. The van der Waals surface area contributed by atoms with Crippen LogP contribution in [0.3, 0.4) is 0 Å². The third-order valence-corrected chi connectivity index (χ3v) is 5.45. The summed E-state index contributed by atoms with van der Waals surface area (Å²) in [6.07, 6.45) is 0. The Bertz CT molecular complexity index is 585. The van der Waals surface area contributed by atoms with Crippen LogP contribution >= 0.6 is 11.6 Å². The number of benzene rings is 1. The normalized spacial score (nSPS) is 20.8. The van der Waals surface area contributed by atoms with E-state index in [4.69, 9.17) is 16.3 Å². The van der Waals surface area contributed by atoms with Crippen molar-refractivity contribution < 1.29 is 17.9 Å². The Kier molecular flexibility index (Phi) is 4.80. The van der Waals surface area contributed by atoms with Crippen LogP contribution < -0.4 is 0 Å². The number of halogens is 1. The maximum Gasteiger partial charge on any atom is 0.196 e. The van der Waals surface area contributed by atoms with Gasteiger partial charge >= 0.3 is 0 Å². The molecule has 1 heterocycles. The fourth-order valence-electron chi connectivity index (χ4n) is 2.15. The van der Waals surface area contributed by atoms with Gasteiger partial charge in [-0.05, 0) is 31.2 Å². The number of Topliss-reactive ketones (excluding diaryl/α,β-unsaturated/α-hetero) is 1. The second-order valence-electron chi connectivity index (χ2n) is 4.70. The van der Waals surface area contributed by atoms with Gasteiger partial charge in [0.15, 0.2) is 9.84 Å². The molecule has 1 aromatic rings. The number of ether oxygens (including phenoxy) is 1. The van der Waals surface area contributed by atoms with E-state index in [9.17, 15) is 13.2 Å². The van der Waals surface area contributed by atoms with Crippen molar-refractivity contribution in [3.8, 4) is 0 Å². The van der Waals surface area contributed by atoms with E-state index < -0.39 is 15.2 Å². The van der Waals surface area contributed by atoms with Crippen LogP contribution in [0, 0.1) is 0 Å². The molecule has 1 fully saturated rings. The number of nitrogens with zero attached hydrogens (tertiary/aromatic N) is 1. The molecule has 0 amide bonds. The number of ketones is 1. The third-order valence-electron chi connectivity index (χ3n) is 3.12. The quantitative estimate of drug-likeness (QED) is 0.839. The van der Waals surface area contributed by atoms with Gasteiger partial charge in [0.25, 0.3) is 0 Å². The van der Waals surface area contributed by atoms with Crippen molar-refractivity contribution in [2.45, 2.75) is 17.2 Å².